The second-order valence-corrected chi connectivity index (χ2v) is 6.59. The molecular weight excluding hydrogens is 308 g/mol. The predicted octanol–water partition coefficient (Wildman–Crippen LogP) is 1.94. The van der Waals surface area contributed by atoms with Crippen molar-refractivity contribution in [1.29, 1.82) is 0 Å². The molecule has 0 spiro atoms. The average Bonchev–Trinajstić information content (AvgIpc) is 2.94. The van der Waals surface area contributed by atoms with Gasteiger partial charge in [0.25, 0.3) is 5.91 Å². The largest absolute Gasteiger partial charge is 0.481 e. The van der Waals surface area contributed by atoms with Gasteiger partial charge in [-0.2, -0.15) is 0 Å². The summed E-state index contributed by atoms with van der Waals surface area (Å²) in [5.74, 6) is -1.58. The number of nitrogens with one attached hydrogen (secondary N) is 2. The van der Waals surface area contributed by atoms with Crippen LogP contribution >= 0.6 is 0 Å². The molecule has 1 fully saturated rings. The monoisotopic (exact) mass is 332 g/mol. The lowest BCUT2D eigenvalue weighted by molar-refractivity contribution is -0.139. The summed E-state index contributed by atoms with van der Waals surface area (Å²) in [6, 6.07) is 5.37. The molecule has 1 aromatic carbocycles. The molecule has 1 aliphatic rings. The Morgan fingerprint density at radius 2 is 1.79 bits per heavy atom. The summed E-state index contributed by atoms with van der Waals surface area (Å²) >= 11 is 0. The Kier molecular flexibility index (Phi) is 5.59. The van der Waals surface area contributed by atoms with Gasteiger partial charge in [-0.1, -0.05) is 18.9 Å². The molecule has 1 saturated carbocycles. The van der Waals surface area contributed by atoms with Crippen LogP contribution in [0.2, 0.25) is 0 Å². The van der Waals surface area contributed by atoms with Crippen molar-refractivity contribution in [3.8, 4) is 0 Å². The molecule has 2 amide bonds. The van der Waals surface area contributed by atoms with E-state index in [-0.39, 0.29) is 24.8 Å². The average molecular weight is 332 g/mol. The third-order valence-electron chi connectivity index (χ3n) is 4.63. The van der Waals surface area contributed by atoms with Crippen molar-refractivity contribution < 1.29 is 19.5 Å². The van der Waals surface area contributed by atoms with E-state index in [1.807, 2.05) is 19.9 Å². The molecule has 0 unspecified atom stereocenters. The molecule has 6 heteroatoms. The van der Waals surface area contributed by atoms with Gasteiger partial charge in [-0.15, -0.1) is 0 Å². The first-order valence-electron chi connectivity index (χ1n) is 8.20. The summed E-state index contributed by atoms with van der Waals surface area (Å²) < 4.78 is 0. The number of benzene rings is 1. The van der Waals surface area contributed by atoms with Crippen LogP contribution in [0, 0.1) is 13.8 Å². The zero-order chi connectivity index (χ0) is 17.7. The maximum Gasteiger partial charge on any atom is 0.305 e. The highest BCUT2D eigenvalue weighted by Gasteiger charge is 2.37. The van der Waals surface area contributed by atoms with Crippen LogP contribution in [-0.4, -0.2) is 35.0 Å². The van der Waals surface area contributed by atoms with E-state index in [9.17, 15) is 14.4 Å². The molecule has 3 N–H and O–H groups in total. The Hall–Kier alpha value is -2.37. The van der Waals surface area contributed by atoms with Crippen molar-refractivity contribution in [3.63, 3.8) is 0 Å². The van der Waals surface area contributed by atoms with Crippen molar-refractivity contribution >= 4 is 17.8 Å². The number of amides is 2. The lowest BCUT2D eigenvalue weighted by atomic mass is 9.93. The van der Waals surface area contributed by atoms with E-state index in [2.05, 4.69) is 10.6 Å². The molecule has 24 heavy (non-hydrogen) atoms. The number of aryl methyl sites for hydroxylation is 2. The van der Waals surface area contributed by atoms with Crippen molar-refractivity contribution in [1.82, 2.24) is 10.6 Å². The van der Waals surface area contributed by atoms with E-state index in [0.717, 1.165) is 24.0 Å². The van der Waals surface area contributed by atoms with E-state index < -0.39 is 11.5 Å². The minimum atomic E-state index is -0.920. The van der Waals surface area contributed by atoms with Gasteiger partial charge in [0.1, 0.15) is 0 Å². The van der Waals surface area contributed by atoms with Crippen LogP contribution in [0.1, 0.15) is 53.6 Å². The number of hydrogen-bond acceptors (Lipinski definition) is 3. The second kappa shape index (κ2) is 7.47. The molecule has 0 atom stereocenters. The van der Waals surface area contributed by atoms with Gasteiger partial charge in [-0.05, 0) is 49.9 Å². The van der Waals surface area contributed by atoms with Gasteiger partial charge in [-0.3, -0.25) is 14.4 Å². The van der Waals surface area contributed by atoms with Crippen LogP contribution in [0.15, 0.2) is 18.2 Å². The quantitative estimate of drug-likeness (QED) is 0.742. The summed E-state index contributed by atoms with van der Waals surface area (Å²) in [6.07, 6.45) is 3.06. The first-order valence-corrected chi connectivity index (χ1v) is 8.20. The van der Waals surface area contributed by atoms with Crippen LogP contribution in [0.25, 0.3) is 0 Å². The third-order valence-corrected chi connectivity index (χ3v) is 4.63. The van der Waals surface area contributed by atoms with Crippen molar-refractivity contribution in [2.24, 2.45) is 0 Å². The fourth-order valence-electron chi connectivity index (χ4n) is 3.17. The second-order valence-electron chi connectivity index (χ2n) is 6.59. The Labute approximate surface area is 141 Å². The van der Waals surface area contributed by atoms with Gasteiger partial charge in [-0.25, -0.2) is 0 Å². The fraction of sp³-hybridized carbons (Fsp3) is 0.500. The Morgan fingerprint density at radius 1 is 1.12 bits per heavy atom. The minimum Gasteiger partial charge on any atom is -0.481 e. The number of rotatable bonds is 6. The molecule has 1 aliphatic carbocycles. The standard InChI is InChI=1S/C18H24N2O4/c1-12-5-6-14(9-13(12)2)17(24)19-11-15(21)20-18(10-16(22)23)7-3-4-8-18/h5-6,9H,3-4,7-8,10-11H2,1-2H3,(H,19,24)(H,20,21)(H,22,23). The number of carbonyl (C=O) groups is 3. The van der Waals surface area contributed by atoms with E-state index in [0.29, 0.717) is 18.4 Å². The molecule has 6 nitrogen and oxygen atoms in total. The summed E-state index contributed by atoms with van der Waals surface area (Å²) in [5.41, 5.74) is 1.94. The van der Waals surface area contributed by atoms with Crippen LogP contribution in [0.5, 0.6) is 0 Å². The first-order chi connectivity index (χ1) is 11.3. The van der Waals surface area contributed by atoms with Crippen molar-refractivity contribution in [2.75, 3.05) is 6.54 Å². The Morgan fingerprint density at radius 3 is 2.38 bits per heavy atom. The molecule has 0 bridgehead atoms. The smallest absolute Gasteiger partial charge is 0.305 e. The molecule has 0 saturated heterocycles. The van der Waals surface area contributed by atoms with Gasteiger partial charge in [0.15, 0.2) is 0 Å². The highest BCUT2D eigenvalue weighted by Crippen LogP contribution is 2.32. The molecule has 0 heterocycles. The number of carboxylic acids is 1. The number of aliphatic carboxylic acids is 1. The van der Waals surface area contributed by atoms with Gasteiger partial charge in [0.05, 0.1) is 18.5 Å². The summed E-state index contributed by atoms with van der Waals surface area (Å²) in [5, 5.41) is 14.5. The maximum absolute atomic E-state index is 12.1. The molecular formula is C18H24N2O4. The third kappa shape index (κ3) is 4.57. The summed E-state index contributed by atoms with van der Waals surface area (Å²) in [7, 11) is 0. The first kappa shape index (κ1) is 18.0. The molecule has 1 aromatic rings. The summed E-state index contributed by atoms with van der Waals surface area (Å²) in [4.78, 5) is 35.3. The van der Waals surface area contributed by atoms with Crippen LogP contribution in [0.4, 0.5) is 0 Å². The van der Waals surface area contributed by atoms with Crippen molar-refractivity contribution in [2.45, 2.75) is 51.5 Å². The highest BCUT2D eigenvalue weighted by molar-refractivity contribution is 5.96. The van der Waals surface area contributed by atoms with Crippen molar-refractivity contribution in [3.05, 3.63) is 34.9 Å². The fourth-order valence-corrected chi connectivity index (χ4v) is 3.17. The zero-order valence-electron chi connectivity index (χ0n) is 14.1. The van der Waals surface area contributed by atoms with E-state index in [1.165, 1.54) is 0 Å². The highest BCUT2D eigenvalue weighted by atomic mass is 16.4. The SMILES string of the molecule is Cc1ccc(C(=O)NCC(=O)NC2(CC(=O)O)CCCC2)cc1C. The van der Waals surface area contributed by atoms with E-state index in [1.54, 1.807) is 12.1 Å². The number of carbonyl (C=O) groups excluding carboxylic acids is 2. The lowest BCUT2D eigenvalue weighted by Crippen LogP contribution is -2.51. The normalized spacial score (nSPS) is 15.8. The van der Waals surface area contributed by atoms with Crippen LogP contribution < -0.4 is 10.6 Å². The Balaban J connectivity index is 1.91. The summed E-state index contributed by atoms with van der Waals surface area (Å²) in [6.45, 7) is 3.73. The molecule has 2 rings (SSSR count). The predicted molar refractivity (Wildman–Crippen MR) is 89.8 cm³/mol. The van der Waals surface area contributed by atoms with Gasteiger partial charge in [0, 0.05) is 5.56 Å². The van der Waals surface area contributed by atoms with Crippen LogP contribution in [-0.2, 0) is 9.59 Å². The van der Waals surface area contributed by atoms with Crippen LogP contribution in [0.3, 0.4) is 0 Å². The van der Waals surface area contributed by atoms with E-state index >= 15 is 0 Å². The maximum atomic E-state index is 12.1. The van der Waals surface area contributed by atoms with Gasteiger partial charge < -0.3 is 15.7 Å². The molecule has 0 aliphatic heterocycles. The minimum absolute atomic E-state index is 0.0795. The van der Waals surface area contributed by atoms with E-state index in [4.69, 9.17) is 5.11 Å². The number of hydrogen-bond donors (Lipinski definition) is 3. The molecule has 0 aromatic heterocycles. The lowest BCUT2D eigenvalue weighted by Gasteiger charge is -2.28. The molecule has 130 valence electrons. The number of carboxylic acid groups (broad SMARTS) is 1. The van der Waals surface area contributed by atoms with Gasteiger partial charge in [0.2, 0.25) is 5.91 Å². The molecule has 0 radical (unpaired) electrons. The Bertz CT molecular complexity index is 648. The topological polar surface area (TPSA) is 95.5 Å². The van der Waals surface area contributed by atoms with Gasteiger partial charge >= 0.3 is 5.97 Å². The zero-order valence-corrected chi connectivity index (χ0v) is 14.1.